The van der Waals surface area contributed by atoms with E-state index in [1.54, 1.807) is 0 Å². The molecule has 10 nitrogen and oxygen atoms in total. The molecular formula is C32H34ClFN6O4. The summed E-state index contributed by atoms with van der Waals surface area (Å²) in [6.45, 7) is 5.11. The number of aliphatic hydroxyl groups excluding tert-OH is 1. The summed E-state index contributed by atoms with van der Waals surface area (Å²) in [5, 5.41) is 22.2. The molecule has 2 aromatic carbocycles. The number of piperazine rings is 1. The van der Waals surface area contributed by atoms with Gasteiger partial charge < -0.3 is 24.4 Å². The zero-order valence-corrected chi connectivity index (χ0v) is 25.2. The molecule has 0 bridgehead atoms. The van der Waals surface area contributed by atoms with Crippen LogP contribution in [0.15, 0.2) is 48.8 Å². The van der Waals surface area contributed by atoms with E-state index >= 15 is 0 Å². The van der Waals surface area contributed by atoms with E-state index in [4.69, 9.17) is 31.0 Å². The third kappa shape index (κ3) is 5.95. The summed E-state index contributed by atoms with van der Waals surface area (Å²) in [7, 11) is 1.95. The number of likely N-dealkylation sites (tertiary alicyclic amines) is 1. The molecule has 44 heavy (non-hydrogen) atoms. The number of rotatable bonds is 7. The van der Waals surface area contributed by atoms with Crippen molar-refractivity contribution in [2.45, 2.75) is 50.2 Å². The van der Waals surface area contributed by atoms with Gasteiger partial charge in [0.2, 0.25) is 0 Å². The van der Waals surface area contributed by atoms with Crippen molar-refractivity contribution in [1.82, 2.24) is 19.8 Å². The van der Waals surface area contributed by atoms with Crippen molar-refractivity contribution < 1.29 is 23.8 Å². The fraction of sp³-hybridized carbons (Fsp3) is 0.438. The molecule has 1 aromatic heterocycles. The van der Waals surface area contributed by atoms with Crippen LogP contribution in [0, 0.1) is 11.3 Å². The summed E-state index contributed by atoms with van der Waals surface area (Å²) >= 11 is 6.64. The van der Waals surface area contributed by atoms with Gasteiger partial charge in [-0.15, -0.1) is 0 Å². The van der Waals surface area contributed by atoms with Crippen molar-refractivity contribution >= 4 is 34.1 Å². The maximum atomic E-state index is 13.8. The predicted octanol–water partition coefficient (Wildman–Crippen LogP) is 3.96. The summed E-state index contributed by atoms with van der Waals surface area (Å²) in [6, 6.07) is 13.6. The Bertz CT molecular complexity index is 1630. The van der Waals surface area contributed by atoms with Crippen molar-refractivity contribution in [1.29, 1.82) is 5.26 Å². The molecule has 1 amide bonds. The highest BCUT2D eigenvalue weighted by atomic mass is 35.5. The van der Waals surface area contributed by atoms with Gasteiger partial charge in [0.05, 0.1) is 43.0 Å². The summed E-state index contributed by atoms with van der Waals surface area (Å²) in [4.78, 5) is 27.6. The molecule has 12 heteroatoms. The van der Waals surface area contributed by atoms with Gasteiger partial charge in [-0.1, -0.05) is 48.5 Å². The van der Waals surface area contributed by atoms with E-state index in [-0.39, 0.29) is 44.3 Å². The number of nitriles is 1. The number of amides is 1. The van der Waals surface area contributed by atoms with Crippen molar-refractivity contribution in [2.75, 3.05) is 44.7 Å². The Morgan fingerprint density at radius 2 is 2.02 bits per heavy atom. The Kier molecular flexibility index (Phi) is 8.69. The van der Waals surface area contributed by atoms with Gasteiger partial charge in [-0.25, -0.2) is 4.39 Å². The number of halogens is 2. The number of hydrogen-bond acceptors (Lipinski definition) is 9. The zero-order chi connectivity index (χ0) is 31.0. The van der Waals surface area contributed by atoms with E-state index < -0.39 is 23.9 Å². The van der Waals surface area contributed by atoms with Crippen LogP contribution in [0.1, 0.15) is 35.8 Å². The second kappa shape index (κ2) is 12.7. The normalized spacial score (nSPS) is 23.8. The first-order valence-electron chi connectivity index (χ1n) is 14.7. The van der Waals surface area contributed by atoms with Crippen LogP contribution in [0.2, 0.25) is 5.02 Å². The fourth-order valence-corrected chi connectivity index (χ4v) is 6.81. The number of carbonyl (C=O) groups is 1. The lowest BCUT2D eigenvalue weighted by atomic mass is 9.94. The Balaban J connectivity index is 1.34. The quantitative estimate of drug-likeness (QED) is 0.392. The van der Waals surface area contributed by atoms with Crippen LogP contribution >= 0.6 is 11.6 Å². The highest BCUT2D eigenvalue weighted by molar-refractivity contribution is 6.35. The van der Waals surface area contributed by atoms with E-state index in [0.29, 0.717) is 43.4 Å². The van der Waals surface area contributed by atoms with Crippen LogP contribution in [0.25, 0.3) is 10.8 Å². The summed E-state index contributed by atoms with van der Waals surface area (Å²) in [6.07, 6.45) is 0.361. The molecule has 0 saturated carbocycles. The Morgan fingerprint density at radius 3 is 2.75 bits per heavy atom. The minimum atomic E-state index is -1.05. The highest BCUT2D eigenvalue weighted by Crippen LogP contribution is 2.39. The summed E-state index contributed by atoms with van der Waals surface area (Å²) < 4.78 is 26.4. The van der Waals surface area contributed by atoms with Crippen LogP contribution in [0.4, 0.5) is 10.2 Å². The van der Waals surface area contributed by atoms with Crippen LogP contribution in [0.5, 0.6) is 6.01 Å². The topological polar surface area (TPSA) is 115 Å². The molecule has 1 unspecified atom stereocenters. The highest BCUT2D eigenvalue weighted by Gasteiger charge is 2.36. The molecule has 2 fully saturated rings. The molecule has 4 heterocycles. The Hall–Kier alpha value is -3.82. The molecule has 0 spiro atoms. The second-order valence-corrected chi connectivity index (χ2v) is 12.0. The molecule has 0 radical (unpaired) electrons. The van der Waals surface area contributed by atoms with Crippen LogP contribution in [-0.4, -0.2) is 88.8 Å². The number of ether oxygens (including phenoxy) is 2. The first kappa shape index (κ1) is 30.2. The maximum absolute atomic E-state index is 13.8. The van der Waals surface area contributed by atoms with E-state index in [9.17, 15) is 19.6 Å². The minimum Gasteiger partial charge on any atom is -0.462 e. The van der Waals surface area contributed by atoms with Gasteiger partial charge in [-0.3, -0.25) is 9.69 Å². The molecule has 1 N–H and O–H groups in total. The van der Waals surface area contributed by atoms with Gasteiger partial charge in [-0.05, 0) is 30.5 Å². The van der Waals surface area contributed by atoms with Gasteiger partial charge in [-0.2, -0.15) is 15.2 Å². The van der Waals surface area contributed by atoms with Gasteiger partial charge in [0.25, 0.3) is 5.91 Å². The van der Waals surface area contributed by atoms with Crippen molar-refractivity contribution in [3.05, 3.63) is 70.6 Å². The standard InChI is InChI=1S/C32H34ClFN6O4/c1-19(34)31(42)40-12-11-39(15-21(40)9-10-35)30-25-18-43-28(24-7-3-5-20-6-4-8-26(33)29(20)24)14-27(25)36-32(37-30)44-17-22-13-23(41)16-38(22)2/h3-8,21-23,28,41H,1,9,11-18H2,2H3/t21-,22+,23-,28?/m0/s1. The maximum Gasteiger partial charge on any atom is 0.318 e. The molecule has 3 aromatic rings. The molecule has 6 rings (SSSR count). The van der Waals surface area contributed by atoms with Crippen LogP contribution < -0.4 is 9.64 Å². The molecule has 3 aliphatic heterocycles. The Labute approximate surface area is 260 Å². The number of fused-ring (bicyclic) bond motifs is 2. The van der Waals surface area contributed by atoms with Crippen LogP contribution in [0.3, 0.4) is 0 Å². The number of likely N-dealkylation sites (N-methyl/N-ethyl adjacent to an activating group) is 1. The van der Waals surface area contributed by atoms with Gasteiger partial charge in [0.1, 0.15) is 12.4 Å². The molecule has 230 valence electrons. The number of β-amino-alcohol motifs (C(OH)–C–C–N with tert-alkyl or cyclic N) is 1. The SMILES string of the molecule is C=C(F)C(=O)N1CCN(c2nc(OC[C@H]3C[C@H](O)CN3C)nc3c2COC(c2cccc4cccc(Cl)c24)C3)C[C@@H]1CC#N. The average molecular weight is 621 g/mol. The first-order valence-corrected chi connectivity index (χ1v) is 15.1. The third-order valence-electron chi connectivity index (χ3n) is 8.76. The summed E-state index contributed by atoms with van der Waals surface area (Å²) in [5.41, 5.74) is 2.55. The summed E-state index contributed by atoms with van der Waals surface area (Å²) in [5.74, 6) is -1.25. The predicted molar refractivity (Wildman–Crippen MR) is 163 cm³/mol. The molecule has 3 aliphatic rings. The number of hydrogen-bond donors (Lipinski definition) is 1. The number of nitrogens with zero attached hydrogens (tertiary/aromatic N) is 6. The largest absolute Gasteiger partial charge is 0.462 e. The lowest BCUT2D eigenvalue weighted by Gasteiger charge is -2.42. The number of anilines is 1. The third-order valence-corrected chi connectivity index (χ3v) is 9.08. The first-order chi connectivity index (χ1) is 21.2. The van der Waals surface area contributed by atoms with Crippen LogP contribution in [-0.2, 0) is 22.6 Å². The van der Waals surface area contributed by atoms with E-state index in [2.05, 4.69) is 17.5 Å². The number of benzene rings is 2. The number of carbonyl (C=O) groups excluding carboxylic acids is 1. The molecular weight excluding hydrogens is 587 g/mol. The zero-order valence-electron chi connectivity index (χ0n) is 24.5. The van der Waals surface area contributed by atoms with E-state index in [0.717, 1.165) is 27.6 Å². The van der Waals surface area contributed by atoms with Crippen molar-refractivity contribution in [3.63, 3.8) is 0 Å². The minimum absolute atomic E-state index is 0.0188. The lowest BCUT2D eigenvalue weighted by molar-refractivity contribution is -0.131. The van der Waals surface area contributed by atoms with Gasteiger partial charge in [0, 0.05) is 54.6 Å². The average Bonchev–Trinajstić information content (AvgIpc) is 3.35. The monoisotopic (exact) mass is 620 g/mol. The smallest absolute Gasteiger partial charge is 0.318 e. The lowest BCUT2D eigenvalue weighted by Crippen LogP contribution is -2.55. The van der Waals surface area contributed by atoms with Crippen molar-refractivity contribution in [3.8, 4) is 12.1 Å². The van der Waals surface area contributed by atoms with Gasteiger partial charge in [0.15, 0.2) is 5.83 Å². The number of aliphatic hydroxyl groups is 1. The second-order valence-electron chi connectivity index (χ2n) is 11.6. The van der Waals surface area contributed by atoms with Gasteiger partial charge >= 0.3 is 6.01 Å². The molecule has 2 saturated heterocycles. The fourth-order valence-electron chi connectivity index (χ4n) is 6.51. The van der Waals surface area contributed by atoms with Crippen molar-refractivity contribution in [2.24, 2.45) is 0 Å². The Morgan fingerprint density at radius 1 is 1.23 bits per heavy atom. The van der Waals surface area contributed by atoms with E-state index in [1.165, 1.54) is 4.90 Å². The molecule has 4 atom stereocenters. The number of aromatic nitrogens is 2. The van der Waals surface area contributed by atoms with E-state index in [1.807, 2.05) is 48.3 Å². The molecule has 0 aliphatic carbocycles.